The Labute approximate surface area is 182 Å². The van der Waals surface area contributed by atoms with Crippen LogP contribution in [0, 0.1) is 17.0 Å². The highest BCUT2D eigenvalue weighted by Gasteiger charge is 2.32. The highest BCUT2D eigenvalue weighted by Crippen LogP contribution is 2.26. The van der Waals surface area contributed by atoms with Gasteiger partial charge in [0.15, 0.2) is 0 Å². The van der Waals surface area contributed by atoms with Gasteiger partial charge in [-0.25, -0.2) is 8.42 Å². The lowest BCUT2D eigenvalue weighted by Crippen LogP contribution is -2.50. The Morgan fingerprint density at radius 1 is 1.00 bits per heavy atom. The Balaban J connectivity index is 1.72. The molecule has 9 heteroatoms. The SMILES string of the molecule is Cc1ccc([N+](=O)[O-])cc1S(=O)(=O)N1CCN(C(=O)c2ccc(C(C)(C)C)cc2)CC1. The van der Waals surface area contributed by atoms with E-state index in [1.54, 1.807) is 24.0 Å². The number of non-ortho nitro benzene ring substituents is 1. The average Bonchev–Trinajstić information content (AvgIpc) is 2.72. The van der Waals surface area contributed by atoms with E-state index in [0.717, 1.165) is 11.6 Å². The molecule has 31 heavy (non-hydrogen) atoms. The molecule has 2 aromatic carbocycles. The van der Waals surface area contributed by atoms with Gasteiger partial charge in [0.25, 0.3) is 11.6 Å². The zero-order chi connectivity index (χ0) is 23.0. The molecular formula is C22H27N3O5S. The van der Waals surface area contributed by atoms with Crippen LogP contribution >= 0.6 is 0 Å². The molecule has 0 spiro atoms. The maximum Gasteiger partial charge on any atom is 0.270 e. The first-order valence-electron chi connectivity index (χ1n) is 10.1. The zero-order valence-electron chi connectivity index (χ0n) is 18.2. The van der Waals surface area contributed by atoms with Gasteiger partial charge in [-0.2, -0.15) is 4.31 Å². The normalized spacial score (nSPS) is 15.7. The van der Waals surface area contributed by atoms with Gasteiger partial charge < -0.3 is 4.90 Å². The van der Waals surface area contributed by atoms with E-state index in [1.807, 2.05) is 12.1 Å². The van der Waals surface area contributed by atoms with Crippen molar-refractivity contribution < 1.29 is 18.1 Å². The van der Waals surface area contributed by atoms with Crippen molar-refractivity contribution in [2.45, 2.75) is 38.0 Å². The summed E-state index contributed by atoms with van der Waals surface area (Å²) in [4.78, 5) is 24.8. The van der Waals surface area contributed by atoms with E-state index < -0.39 is 14.9 Å². The van der Waals surface area contributed by atoms with Crippen LogP contribution < -0.4 is 0 Å². The highest BCUT2D eigenvalue weighted by molar-refractivity contribution is 7.89. The number of nitro groups is 1. The number of benzene rings is 2. The van der Waals surface area contributed by atoms with Crippen molar-refractivity contribution in [1.29, 1.82) is 0 Å². The Bertz CT molecular complexity index is 1100. The third kappa shape index (κ3) is 4.77. The second kappa shape index (κ2) is 8.39. The predicted molar refractivity (Wildman–Crippen MR) is 118 cm³/mol. The van der Waals surface area contributed by atoms with Crippen LogP contribution in [0.3, 0.4) is 0 Å². The summed E-state index contributed by atoms with van der Waals surface area (Å²) in [5.74, 6) is -0.135. The molecule has 1 heterocycles. The molecule has 0 saturated carbocycles. The molecule has 1 aliphatic rings. The van der Waals surface area contributed by atoms with E-state index in [2.05, 4.69) is 20.8 Å². The Hall–Kier alpha value is -2.78. The molecule has 0 bridgehead atoms. The van der Waals surface area contributed by atoms with Crippen molar-refractivity contribution in [2.75, 3.05) is 26.2 Å². The second-order valence-electron chi connectivity index (χ2n) is 8.73. The summed E-state index contributed by atoms with van der Waals surface area (Å²) >= 11 is 0. The quantitative estimate of drug-likeness (QED) is 0.531. The number of carbonyl (C=O) groups is 1. The molecule has 1 aliphatic heterocycles. The predicted octanol–water partition coefficient (Wildman–Crippen LogP) is 3.35. The number of carbonyl (C=O) groups excluding carboxylic acids is 1. The number of piperazine rings is 1. The molecule has 1 fully saturated rings. The third-order valence-corrected chi connectivity index (χ3v) is 7.56. The minimum atomic E-state index is -3.89. The number of hydrogen-bond acceptors (Lipinski definition) is 5. The number of hydrogen-bond donors (Lipinski definition) is 0. The minimum Gasteiger partial charge on any atom is -0.336 e. The molecule has 2 aromatic rings. The van der Waals surface area contributed by atoms with Crippen LogP contribution in [0.25, 0.3) is 0 Å². The van der Waals surface area contributed by atoms with Crippen molar-refractivity contribution in [3.63, 3.8) is 0 Å². The lowest BCUT2D eigenvalue weighted by atomic mass is 9.86. The van der Waals surface area contributed by atoms with E-state index >= 15 is 0 Å². The third-order valence-electron chi connectivity index (χ3n) is 5.52. The van der Waals surface area contributed by atoms with E-state index in [-0.39, 0.29) is 48.1 Å². The summed E-state index contributed by atoms with van der Waals surface area (Å²) in [7, 11) is -3.89. The van der Waals surface area contributed by atoms with E-state index in [9.17, 15) is 23.3 Å². The number of sulfonamides is 1. The fraction of sp³-hybridized carbons (Fsp3) is 0.409. The molecule has 0 aliphatic carbocycles. The first-order valence-corrected chi connectivity index (χ1v) is 11.5. The summed E-state index contributed by atoms with van der Waals surface area (Å²) in [5.41, 5.74) is 1.87. The highest BCUT2D eigenvalue weighted by atomic mass is 32.2. The molecule has 0 aromatic heterocycles. The Kier molecular flexibility index (Phi) is 6.20. The topological polar surface area (TPSA) is 101 Å². The zero-order valence-corrected chi connectivity index (χ0v) is 19.0. The number of aryl methyl sites for hydroxylation is 1. The molecule has 0 radical (unpaired) electrons. The van der Waals surface area contributed by atoms with Crippen LogP contribution in [-0.4, -0.2) is 54.6 Å². The average molecular weight is 446 g/mol. The summed E-state index contributed by atoms with van der Waals surface area (Å²) in [6, 6.07) is 11.3. The molecule has 1 saturated heterocycles. The van der Waals surface area contributed by atoms with Crippen LogP contribution in [0.5, 0.6) is 0 Å². The number of nitrogens with zero attached hydrogens (tertiary/aromatic N) is 3. The summed E-state index contributed by atoms with van der Waals surface area (Å²) < 4.78 is 27.4. The fourth-order valence-electron chi connectivity index (χ4n) is 3.55. The van der Waals surface area contributed by atoms with Crippen molar-refractivity contribution >= 4 is 21.6 Å². The van der Waals surface area contributed by atoms with Crippen molar-refractivity contribution in [3.8, 4) is 0 Å². The first kappa shape index (κ1) is 22.9. The monoisotopic (exact) mass is 445 g/mol. The van der Waals surface area contributed by atoms with Crippen LogP contribution in [0.15, 0.2) is 47.4 Å². The van der Waals surface area contributed by atoms with Crippen LogP contribution in [0.2, 0.25) is 0 Å². The van der Waals surface area contributed by atoms with Gasteiger partial charge in [0.2, 0.25) is 10.0 Å². The molecule has 0 unspecified atom stereocenters. The first-order chi connectivity index (χ1) is 14.4. The van der Waals surface area contributed by atoms with E-state index in [0.29, 0.717) is 11.1 Å². The van der Waals surface area contributed by atoms with Gasteiger partial charge in [-0.1, -0.05) is 39.0 Å². The summed E-state index contributed by atoms with van der Waals surface area (Å²) in [6.45, 7) is 8.70. The maximum atomic E-state index is 13.1. The Morgan fingerprint density at radius 2 is 1.58 bits per heavy atom. The van der Waals surface area contributed by atoms with Gasteiger partial charge in [-0.05, 0) is 35.6 Å². The van der Waals surface area contributed by atoms with Gasteiger partial charge in [0.05, 0.1) is 9.82 Å². The van der Waals surface area contributed by atoms with Gasteiger partial charge in [-0.15, -0.1) is 0 Å². The van der Waals surface area contributed by atoms with Crippen LogP contribution in [0.4, 0.5) is 5.69 Å². The summed E-state index contributed by atoms with van der Waals surface area (Å²) in [6.07, 6.45) is 0. The fourth-order valence-corrected chi connectivity index (χ4v) is 5.21. The lowest BCUT2D eigenvalue weighted by Gasteiger charge is -2.34. The second-order valence-corrected chi connectivity index (χ2v) is 10.6. The molecule has 8 nitrogen and oxygen atoms in total. The van der Waals surface area contributed by atoms with Crippen molar-refractivity contribution in [2.24, 2.45) is 0 Å². The van der Waals surface area contributed by atoms with Crippen LogP contribution in [0.1, 0.15) is 42.3 Å². The molecular weight excluding hydrogens is 418 g/mol. The van der Waals surface area contributed by atoms with Gasteiger partial charge >= 0.3 is 0 Å². The van der Waals surface area contributed by atoms with Gasteiger partial charge in [0, 0.05) is 43.9 Å². The molecule has 0 atom stereocenters. The van der Waals surface area contributed by atoms with Gasteiger partial charge in [-0.3, -0.25) is 14.9 Å². The maximum absolute atomic E-state index is 13.1. The smallest absolute Gasteiger partial charge is 0.270 e. The molecule has 1 amide bonds. The molecule has 166 valence electrons. The molecule has 3 rings (SSSR count). The van der Waals surface area contributed by atoms with Crippen LogP contribution in [-0.2, 0) is 15.4 Å². The Morgan fingerprint density at radius 3 is 2.10 bits per heavy atom. The number of nitro benzene ring substituents is 1. The number of rotatable bonds is 4. The standard InChI is InChI=1S/C22H27N3O5S/c1-16-5-10-19(25(27)28)15-20(16)31(29,30)24-13-11-23(12-14-24)21(26)17-6-8-18(9-7-17)22(2,3)4/h5-10,15H,11-14H2,1-4H3. The summed E-state index contributed by atoms with van der Waals surface area (Å²) in [5, 5.41) is 11.0. The van der Waals surface area contributed by atoms with E-state index in [4.69, 9.17) is 0 Å². The minimum absolute atomic E-state index is 0.00773. The van der Waals surface area contributed by atoms with Crippen molar-refractivity contribution in [3.05, 3.63) is 69.3 Å². The molecule has 0 N–H and O–H groups in total. The van der Waals surface area contributed by atoms with E-state index in [1.165, 1.54) is 16.4 Å². The van der Waals surface area contributed by atoms with Gasteiger partial charge in [0.1, 0.15) is 0 Å². The largest absolute Gasteiger partial charge is 0.336 e. The lowest BCUT2D eigenvalue weighted by molar-refractivity contribution is -0.385. The number of amides is 1. The van der Waals surface area contributed by atoms with Crippen molar-refractivity contribution in [1.82, 2.24) is 9.21 Å².